The molecule has 0 aliphatic carbocycles. The second-order valence-corrected chi connectivity index (χ2v) is 6.08. The molecule has 0 bridgehead atoms. The molecular formula is C13H24N2O4. The number of carboxylic acids is 1. The highest BCUT2D eigenvalue weighted by molar-refractivity contribution is 5.86. The molecule has 2 amide bonds. The zero-order valence-electron chi connectivity index (χ0n) is 12.2. The first kappa shape index (κ1) is 17.4. The van der Waals surface area contributed by atoms with E-state index >= 15 is 0 Å². The molecule has 19 heavy (non-hydrogen) atoms. The summed E-state index contributed by atoms with van der Waals surface area (Å²) in [5, 5.41) is 11.8. The summed E-state index contributed by atoms with van der Waals surface area (Å²) in [4.78, 5) is 34.2. The Morgan fingerprint density at radius 3 is 2.00 bits per heavy atom. The molecule has 0 aliphatic rings. The van der Waals surface area contributed by atoms with Gasteiger partial charge in [0, 0.05) is 13.0 Å². The average molecular weight is 272 g/mol. The summed E-state index contributed by atoms with van der Waals surface area (Å²) in [7, 11) is 0. The number of carbonyl (C=O) groups is 3. The van der Waals surface area contributed by atoms with Crippen molar-refractivity contribution in [2.45, 2.75) is 41.0 Å². The Hall–Kier alpha value is -1.59. The van der Waals surface area contributed by atoms with Crippen LogP contribution in [0.25, 0.3) is 0 Å². The van der Waals surface area contributed by atoms with Crippen LogP contribution < -0.4 is 11.1 Å². The van der Waals surface area contributed by atoms with Crippen molar-refractivity contribution in [3.63, 3.8) is 0 Å². The van der Waals surface area contributed by atoms with Gasteiger partial charge < -0.3 is 16.2 Å². The fraction of sp³-hybridized carbons (Fsp3) is 0.769. The highest BCUT2D eigenvalue weighted by Crippen LogP contribution is 2.31. The van der Waals surface area contributed by atoms with Crippen molar-refractivity contribution in [3.8, 4) is 0 Å². The van der Waals surface area contributed by atoms with Crippen LogP contribution in [-0.4, -0.2) is 29.4 Å². The van der Waals surface area contributed by atoms with Crippen molar-refractivity contribution in [1.82, 2.24) is 5.32 Å². The molecule has 110 valence electrons. The van der Waals surface area contributed by atoms with Crippen LogP contribution in [-0.2, 0) is 14.4 Å². The van der Waals surface area contributed by atoms with Crippen LogP contribution in [0, 0.1) is 16.7 Å². The monoisotopic (exact) mass is 272 g/mol. The van der Waals surface area contributed by atoms with E-state index < -0.39 is 28.6 Å². The van der Waals surface area contributed by atoms with Crippen molar-refractivity contribution in [3.05, 3.63) is 0 Å². The van der Waals surface area contributed by atoms with E-state index in [9.17, 15) is 19.5 Å². The third kappa shape index (κ3) is 4.54. The normalized spacial score (nSPS) is 14.8. The van der Waals surface area contributed by atoms with Gasteiger partial charge in [-0.1, -0.05) is 13.8 Å². The Morgan fingerprint density at radius 1 is 1.21 bits per heavy atom. The van der Waals surface area contributed by atoms with Gasteiger partial charge in [-0.25, -0.2) is 0 Å². The Labute approximate surface area is 113 Å². The zero-order valence-corrected chi connectivity index (χ0v) is 12.2. The van der Waals surface area contributed by atoms with Crippen molar-refractivity contribution >= 4 is 17.8 Å². The summed E-state index contributed by atoms with van der Waals surface area (Å²) >= 11 is 0. The molecule has 0 heterocycles. The number of nitrogens with one attached hydrogen (secondary N) is 1. The minimum Gasteiger partial charge on any atom is -0.481 e. The number of nitrogens with two attached hydrogens (primary N) is 1. The van der Waals surface area contributed by atoms with Crippen LogP contribution in [0.3, 0.4) is 0 Å². The van der Waals surface area contributed by atoms with E-state index in [4.69, 9.17) is 5.73 Å². The number of carbonyl (C=O) groups excluding carboxylic acids is 2. The van der Waals surface area contributed by atoms with Crippen molar-refractivity contribution < 1.29 is 19.5 Å². The van der Waals surface area contributed by atoms with Gasteiger partial charge in [0.05, 0.1) is 10.8 Å². The summed E-state index contributed by atoms with van der Waals surface area (Å²) in [6.45, 7) is 8.39. The first-order valence-electron chi connectivity index (χ1n) is 6.23. The molecule has 0 aromatic heterocycles. The standard InChI is InChI=1S/C13H24N2O4/c1-8(2)13(5,11(18)19)6-9(16)15-7-12(3,4)10(14)17/h8H,6-7H2,1-5H3,(H2,14,17)(H,15,16)(H,18,19). The lowest BCUT2D eigenvalue weighted by Crippen LogP contribution is -2.45. The first-order valence-corrected chi connectivity index (χ1v) is 6.23. The maximum Gasteiger partial charge on any atom is 0.310 e. The molecule has 0 radical (unpaired) electrons. The third-order valence-corrected chi connectivity index (χ3v) is 3.69. The first-order chi connectivity index (χ1) is 8.43. The van der Waals surface area contributed by atoms with Gasteiger partial charge in [-0.3, -0.25) is 14.4 Å². The van der Waals surface area contributed by atoms with Crippen LogP contribution in [0.2, 0.25) is 0 Å². The van der Waals surface area contributed by atoms with E-state index in [0.717, 1.165) is 0 Å². The van der Waals surface area contributed by atoms with E-state index in [-0.39, 0.29) is 18.9 Å². The largest absolute Gasteiger partial charge is 0.481 e. The highest BCUT2D eigenvalue weighted by Gasteiger charge is 2.39. The lowest BCUT2D eigenvalue weighted by molar-refractivity contribution is -0.153. The van der Waals surface area contributed by atoms with E-state index in [0.29, 0.717) is 0 Å². The number of hydrogen-bond acceptors (Lipinski definition) is 3. The quantitative estimate of drug-likeness (QED) is 0.635. The van der Waals surface area contributed by atoms with Crippen LogP contribution in [0.5, 0.6) is 0 Å². The van der Waals surface area contributed by atoms with Crippen molar-refractivity contribution in [1.29, 1.82) is 0 Å². The fourth-order valence-corrected chi connectivity index (χ4v) is 1.33. The van der Waals surface area contributed by atoms with Crippen LogP contribution in [0.4, 0.5) is 0 Å². The molecule has 0 aliphatic heterocycles. The highest BCUT2D eigenvalue weighted by atomic mass is 16.4. The predicted molar refractivity (Wildman–Crippen MR) is 71.2 cm³/mol. The molecule has 0 saturated carbocycles. The maximum atomic E-state index is 11.8. The summed E-state index contributed by atoms with van der Waals surface area (Å²) in [5.41, 5.74) is 3.22. The molecule has 0 saturated heterocycles. The van der Waals surface area contributed by atoms with Crippen LogP contribution in [0.1, 0.15) is 41.0 Å². The lowest BCUT2D eigenvalue weighted by atomic mass is 9.76. The average Bonchev–Trinajstić information content (AvgIpc) is 2.25. The maximum absolute atomic E-state index is 11.8. The molecular weight excluding hydrogens is 248 g/mol. The number of rotatable bonds is 7. The number of aliphatic carboxylic acids is 1. The summed E-state index contributed by atoms with van der Waals surface area (Å²) in [5.74, 6) is -2.10. The second kappa shape index (κ2) is 6.04. The Bertz CT molecular complexity index is 377. The molecule has 0 aromatic carbocycles. The summed E-state index contributed by atoms with van der Waals surface area (Å²) in [6, 6.07) is 0. The van der Waals surface area contributed by atoms with Gasteiger partial charge in [0.25, 0.3) is 0 Å². The Kier molecular flexibility index (Phi) is 5.53. The van der Waals surface area contributed by atoms with Gasteiger partial charge in [-0.05, 0) is 26.7 Å². The smallest absolute Gasteiger partial charge is 0.310 e. The summed E-state index contributed by atoms with van der Waals surface area (Å²) < 4.78 is 0. The number of primary amides is 1. The van der Waals surface area contributed by atoms with Gasteiger partial charge in [-0.15, -0.1) is 0 Å². The molecule has 1 atom stereocenters. The predicted octanol–water partition coefficient (Wildman–Crippen LogP) is 0.751. The van der Waals surface area contributed by atoms with Crippen LogP contribution in [0.15, 0.2) is 0 Å². The molecule has 1 unspecified atom stereocenters. The molecule has 0 fully saturated rings. The van der Waals surface area contributed by atoms with Gasteiger partial charge in [-0.2, -0.15) is 0 Å². The fourth-order valence-electron chi connectivity index (χ4n) is 1.33. The lowest BCUT2D eigenvalue weighted by Gasteiger charge is -2.29. The molecule has 6 heteroatoms. The summed E-state index contributed by atoms with van der Waals surface area (Å²) in [6.07, 6.45) is -0.130. The van der Waals surface area contributed by atoms with E-state index in [1.807, 2.05) is 0 Å². The van der Waals surface area contributed by atoms with Crippen LogP contribution >= 0.6 is 0 Å². The minimum atomic E-state index is -1.12. The third-order valence-electron chi connectivity index (χ3n) is 3.69. The SMILES string of the molecule is CC(C)C(C)(CC(=O)NCC(C)(C)C(N)=O)C(=O)O. The molecule has 0 spiro atoms. The van der Waals surface area contributed by atoms with Gasteiger partial charge in [0.1, 0.15) is 0 Å². The molecule has 6 nitrogen and oxygen atoms in total. The second-order valence-electron chi connectivity index (χ2n) is 6.08. The number of carboxylic acid groups (broad SMARTS) is 1. The number of hydrogen-bond donors (Lipinski definition) is 3. The Morgan fingerprint density at radius 2 is 1.68 bits per heavy atom. The van der Waals surface area contributed by atoms with Crippen molar-refractivity contribution in [2.24, 2.45) is 22.5 Å². The zero-order chi connectivity index (χ0) is 15.4. The Balaban J connectivity index is 4.63. The molecule has 0 aromatic rings. The topological polar surface area (TPSA) is 109 Å². The molecule has 4 N–H and O–H groups in total. The van der Waals surface area contributed by atoms with Crippen molar-refractivity contribution in [2.75, 3.05) is 6.54 Å². The van der Waals surface area contributed by atoms with Gasteiger partial charge in [0.15, 0.2) is 0 Å². The van der Waals surface area contributed by atoms with E-state index in [2.05, 4.69) is 5.32 Å². The molecule has 0 rings (SSSR count). The minimum absolute atomic E-state index is 0.0922. The van der Waals surface area contributed by atoms with Gasteiger partial charge >= 0.3 is 5.97 Å². The van der Waals surface area contributed by atoms with E-state index in [1.165, 1.54) is 0 Å². The number of amides is 2. The van der Waals surface area contributed by atoms with E-state index in [1.54, 1.807) is 34.6 Å². The van der Waals surface area contributed by atoms with Gasteiger partial charge in [0.2, 0.25) is 11.8 Å².